The lowest BCUT2D eigenvalue weighted by atomic mass is 9.96. The molecule has 0 bridgehead atoms. The molecule has 6 heteroatoms. The Bertz CT molecular complexity index is 400. The summed E-state index contributed by atoms with van der Waals surface area (Å²) in [6, 6.07) is 0. The van der Waals surface area contributed by atoms with Crippen molar-refractivity contribution in [2.45, 2.75) is 51.0 Å². The van der Waals surface area contributed by atoms with E-state index in [4.69, 9.17) is 14.4 Å². The zero-order chi connectivity index (χ0) is 14.4. The van der Waals surface area contributed by atoms with Crippen LogP contribution in [-0.4, -0.2) is 41.6 Å². The molecular formula is C14H25N3O3. The molecule has 2 N–H and O–H groups in total. The fourth-order valence-corrected chi connectivity index (χ4v) is 2.65. The van der Waals surface area contributed by atoms with Gasteiger partial charge in [-0.25, -0.2) is 0 Å². The SMILES string of the molecule is CC(C)c1nc(C2(NCCOCCO)CCCC2)no1. The van der Waals surface area contributed by atoms with Crippen LogP contribution in [0.15, 0.2) is 4.52 Å². The highest BCUT2D eigenvalue weighted by atomic mass is 16.5. The van der Waals surface area contributed by atoms with Gasteiger partial charge in [0.15, 0.2) is 5.82 Å². The Kier molecular flexibility index (Phi) is 5.51. The van der Waals surface area contributed by atoms with E-state index in [2.05, 4.69) is 29.3 Å². The molecule has 1 saturated carbocycles. The van der Waals surface area contributed by atoms with Gasteiger partial charge >= 0.3 is 0 Å². The van der Waals surface area contributed by atoms with Crippen LogP contribution in [0.25, 0.3) is 0 Å². The molecule has 1 aliphatic carbocycles. The summed E-state index contributed by atoms with van der Waals surface area (Å²) in [5.41, 5.74) is -0.167. The van der Waals surface area contributed by atoms with Gasteiger partial charge in [0.25, 0.3) is 0 Å². The zero-order valence-electron chi connectivity index (χ0n) is 12.4. The van der Waals surface area contributed by atoms with Gasteiger partial charge in [0, 0.05) is 12.5 Å². The maximum absolute atomic E-state index is 8.68. The molecule has 0 saturated heterocycles. The highest BCUT2D eigenvalue weighted by Gasteiger charge is 2.39. The maximum Gasteiger partial charge on any atom is 0.229 e. The summed E-state index contributed by atoms with van der Waals surface area (Å²) in [4.78, 5) is 4.56. The number of nitrogens with zero attached hydrogens (tertiary/aromatic N) is 2. The van der Waals surface area contributed by atoms with Crippen molar-refractivity contribution in [2.24, 2.45) is 0 Å². The second-order valence-electron chi connectivity index (χ2n) is 5.66. The van der Waals surface area contributed by atoms with Crippen molar-refractivity contribution in [3.8, 4) is 0 Å². The first-order valence-corrected chi connectivity index (χ1v) is 7.46. The molecule has 0 unspecified atom stereocenters. The molecule has 1 aromatic heterocycles. The van der Waals surface area contributed by atoms with Crippen LogP contribution in [-0.2, 0) is 10.3 Å². The molecule has 1 fully saturated rings. The summed E-state index contributed by atoms with van der Waals surface area (Å²) in [6.45, 7) is 5.86. The topological polar surface area (TPSA) is 80.4 Å². The smallest absolute Gasteiger partial charge is 0.229 e. The molecule has 0 radical (unpaired) electrons. The van der Waals surface area contributed by atoms with Crippen LogP contribution in [0.1, 0.15) is 57.2 Å². The van der Waals surface area contributed by atoms with E-state index >= 15 is 0 Å². The largest absolute Gasteiger partial charge is 0.394 e. The first-order valence-electron chi connectivity index (χ1n) is 7.46. The monoisotopic (exact) mass is 283 g/mol. The van der Waals surface area contributed by atoms with Crippen LogP contribution in [0.2, 0.25) is 0 Å². The Labute approximate surface area is 119 Å². The summed E-state index contributed by atoms with van der Waals surface area (Å²) in [6.07, 6.45) is 4.42. The highest BCUT2D eigenvalue weighted by molar-refractivity contribution is 5.09. The Hall–Kier alpha value is -0.980. The van der Waals surface area contributed by atoms with Crippen molar-refractivity contribution in [2.75, 3.05) is 26.4 Å². The van der Waals surface area contributed by atoms with Crippen LogP contribution in [0.3, 0.4) is 0 Å². The highest BCUT2D eigenvalue weighted by Crippen LogP contribution is 2.37. The van der Waals surface area contributed by atoms with E-state index in [1.807, 2.05) is 0 Å². The molecule has 0 aliphatic heterocycles. The summed E-state index contributed by atoms with van der Waals surface area (Å²) < 4.78 is 10.6. The molecule has 0 atom stereocenters. The van der Waals surface area contributed by atoms with Gasteiger partial charge in [0.1, 0.15) is 0 Å². The van der Waals surface area contributed by atoms with E-state index in [-0.39, 0.29) is 18.1 Å². The number of rotatable bonds is 8. The molecule has 0 spiro atoms. The Morgan fingerprint density at radius 1 is 1.35 bits per heavy atom. The van der Waals surface area contributed by atoms with Gasteiger partial charge in [-0.2, -0.15) is 4.98 Å². The molecule has 20 heavy (non-hydrogen) atoms. The average Bonchev–Trinajstić information content (AvgIpc) is 3.08. The number of hydrogen-bond donors (Lipinski definition) is 2. The van der Waals surface area contributed by atoms with Gasteiger partial charge in [0.2, 0.25) is 5.89 Å². The Balaban J connectivity index is 1.97. The van der Waals surface area contributed by atoms with Crippen molar-refractivity contribution >= 4 is 0 Å². The van der Waals surface area contributed by atoms with Crippen LogP contribution >= 0.6 is 0 Å². The predicted octanol–water partition coefficient (Wildman–Crippen LogP) is 1.56. The fourth-order valence-electron chi connectivity index (χ4n) is 2.65. The predicted molar refractivity (Wildman–Crippen MR) is 74.4 cm³/mol. The summed E-state index contributed by atoms with van der Waals surface area (Å²) in [5, 5.41) is 16.4. The van der Waals surface area contributed by atoms with E-state index in [9.17, 15) is 0 Å². The summed E-state index contributed by atoms with van der Waals surface area (Å²) in [5.74, 6) is 1.73. The second kappa shape index (κ2) is 7.15. The third-order valence-electron chi connectivity index (χ3n) is 3.77. The van der Waals surface area contributed by atoms with E-state index in [0.29, 0.717) is 19.1 Å². The first kappa shape index (κ1) is 15.4. The lowest BCUT2D eigenvalue weighted by Crippen LogP contribution is -2.42. The molecule has 6 nitrogen and oxygen atoms in total. The van der Waals surface area contributed by atoms with Crippen molar-refractivity contribution < 1.29 is 14.4 Å². The van der Waals surface area contributed by atoms with Gasteiger partial charge < -0.3 is 19.7 Å². The van der Waals surface area contributed by atoms with E-state index < -0.39 is 0 Å². The Morgan fingerprint density at radius 2 is 2.10 bits per heavy atom. The quantitative estimate of drug-likeness (QED) is 0.705. The van der Waals surface area contributed by atoms with E-state index in [0.717, 1.165) is 25.2 Å². The molecule has 114 valence electrons. The van der Waals surface area contributed by atoms with E-state index in [1.165, 1.54) is 12.8 Å². The fraction of sp³-hybridized carbons (Fsp3) is 0.857. The first-order chi connectivity index (χ1) is 9.68. The van der Waals surface area contributed by atoms with Crippen LogP contribution < -0.4 is 5.32 Å². The molecule has 1 aliphatic rings. The molecule has 0 amide bonds. The number of aromatic nitrogens is 2. The summed E-state index contributed by atoms with van der Waals surface area (Å²) >= 11 is 0. The van der Waals surface area contributed by atoms with Gasteiger partial charge in [-0.15, -0.1) is 0 Å². The van der Waals surface area contributed by atoms with Gasteiger partial charge in [0.05, 0.1) is 25.4 Å². The van der Waals surface area contributed by atoms with Crippen LogP contribution in [0.4, 0.5) is 0 Å². The molecular weight excluding hydrogens is 258 g/mol. The van der Waals surface area contributed by atoms with Crippen molar-refractivity contribution in [1.29, 1.82) is 0 Å². The molecule has 2 rings (SSSR count). The summed E-state index contributed by atoms with van der Waals surface area (Å²) in [7, 11) is 0. The third-order valence-corrected chi connectivity index (χ3v) is 3.77. The number of ether oxygens (including phenoxy) is 1. The van der Waals surface area contributed by atoms with Crippen molar-refractivity contribution in [3.05, 3.63) is 11.7 Å². The third kappa shape index (κ3) is 3.56. The number of aliphatic hydroxyl groups excluding tert-OH is 1. The van der Waals surface area contributed by atoms with Gasteiger partial charge in [-0.05, 0) is 12.8 Å². The molecule has 1 heterocycles. The minimum atomic E-state index is -0.167. The minimum absolute atomic E-state index is 0.0632. The van der Waals surface area contributed by atoms with Crippen LogP contribution in [0.5, 0.6) is 0 Å². The molecule has 0 aromatic carbocycles. The van der Waals surface area contributed by atoms with Crippen LogP contribution in [0, 0.1) is 0 Å². The standard InChI is InChI=1S/C14H25N3O3/c1-11(2)12-16-13(17-20-12)14(5-3-4-6-14)15-7-9-19-10-8-18/h11,15,18H,3-10H2,1-2H3. The van der Waals surface area contributed by atoms with E-state index in [1.54, 1.807) is 0 Å². The maximum atomic E-state index is 8.68. The molecule has 1 aromatic rings. The minimum Gasteiger partial charge on any atom is -0.394 e. The number of hydrogen-bond acceptors (Lipinski definition) is 6. The average molecular weight is 283 g/mol. The second-order valence-corrected chi connectivity index (χ2v) is 5.66. The lowest BCUT2D eigenvalue weighted by molar-refractivity contribution is 0.0885. The van der Waals surface area contributed by atoms with Gasteiger partial charge in [-0.1, -0.05) is 31.8 Å². The van der Waals surface area contributed by atoms with Crippen molar-refractivity contribution in [3.63, 3.8) is 0 Å². The van der Waals surface area contributed by atoms with Crippen molar-refractivity contribution in [1.82, 2.24) is 15.5 Å². The Morgan fingerprint density at radius 3 is 2.70 bits per heavy atom. The lowest BCUT2D eigenvalue weighted by Gasteiger charge is -2.26. The normalized spacial score (nSPS) is 18.0. The number of nitrogens with one attached hydrogen (secondary N) is 1. The zero-order valence-corrected chi connectivity index (χ0v) is 12.4. The number of aliphatic hydroxyl groups is 1. The van der Waals surface area contributed by atoms with Gasteiger partial charge in [-0.3, -0.25) is 0 Å².